The molecule has 0 saturated heterocycles. The summed E-state index contributed by atoms with van der Waals surface area (Å²) >= 11 is 0. The Morgan fingerprint density at radius 3 is 2.62 bits per heavy atom. The quantitative estimate of drug-likeness (QED) is 0.858. The number of ether oxygens (including phenoxy) is 1. The third kappa shape index (κ3) is 3.05. The highest BCUT2D eigenvalue weighted by Gasteiger charge is 2.30. The van der Waals surface area contributed by atoms with Crippen LogP contribution in [0.3, 0.4) is 0 Å². The maximum absolute atomic E-state index is 6.07. The van der Waals surface area contributed by atoms with Crippen LogP contribution in [0.25, 0.3) is 0 Å². The molecule has 2 heteroatoms. The van der Waals surface area contributed by atoms with Gasteiger partial charge in [0.1, 0.15) is 12.4 Å². The van der Waals surface area contributed by atoms with E-state index in [0.717, 1.165) is 17.9 Å². The summed E-state index contributed by atoms with van der Waals surface area (Å²) in [7, 11) is 0. The first-order chi connectivity index (χ1) is 10.1. The third-order valence-corrected chi connectivity index (χ3v) is 4.11. The molecule has 1 atom stereocenters. The number of hydrogen-bond donors (Lipinski definition) is 1. The Morgan fingerprint density at radius 1 is 1.10 bits per heavy atom. The van der Waals surface area contributed by atoms with Crippen molar-refractivity contribution in [2.24, 2.45) is 0 Å². The molecule has 0 aromatic heterocycles. The van der Waals surface area contributed by atoms with Gasteiger partial charge in [0.25, 0.3) is 0 Å². The highest BCUT2D eigenvalue weighted by molar-refractivity contribution is 5.66. The lowest BCUT2D eigenvalue weighted by Gasteiger charge is -2.38. The third-order valence-electron chi connectivity index (χ3n) is 4.11. The molecule has 0 saturated carbocycles. The molecule has 110 valence electrons. The van der Waals surface area contributed by atoms with Crippen LogP contribution in [0.5, 0.6) is 5.75 Å². The molecule has 0 bridgehead atoms. The second-order valence-corrected chi connectivity index (χ2v) is 6.61. The van der Waals surface area contributed by atoms with Crippen LogP contribution in [0.15, 0.2) is 48.5 Å². The molecule has 2 aromatic rings. The van der Waals surface area contributed by atoms with Crippen LogP contribution in [0.4, 0.5) is 5.69 Å². The fraction of sp³-hybridized carbons (Fsp3) is 0.368. The Bertz CT molecular complexity index is 619. The fourth-order valence-corrected chi connectivity index (χ4v) is 3.21. The number of para-hydroxylation sites is 1. The zero-order chi connectivity index (χ0) is 14.9. The second kappa shape index (κ2) is 5.44. The molecule has 1 heterocycles. The summed E-state index contributed by atoms with van der Waals surface area (Å²) < 4.78 is 6.07. The van der Waals surface area contributed by atoms with Gasteiger partial charge in [-0.15, -0.1) is 0 Å². The van der Waals surface area contributed by atoms with E-state index < -0.39 is 0 Å². The lowest BCUT2D eigenvalue weighted by molar-refractivity contribution is 0.304. The van der Waals surface area contributed by atoms with Crippen molar-refractivity contribution >= 4 is 5.69 Å². The average molecular weight is 281 g/mol. The number of rotatable bonds is 3. The van der Waals surface area contributed by atoms with Crippen molar-refractivity contribution in [2.75, 3.05) is 5.32 Å². The van der Waals surface area contributed by atoms with Crippen molar-refractivity contribution in [3.63, 3.8) is 0 Å². The first-order valence-corrected chi connectivity index (χ1v) is 7.63. The number of fused-ring (bicyclic) bond motifs is 1. The fourth-order valence-electron chi connectivity index (χ4n) is 3.21. The van der Waals surface area contributed by atoms with E-state index in [2.05, 4.69) is 56.4 Å². The van der Waals surface area contributed by atoms with Crippen molar-refractivity contribution in [1.29, 1.82) is 0 Å². The van der Waals surface area contributed by atoms with Gasteiger partial charge in [-0.1, -0.05) is 49.4 Å². The minimum Gasteiger partial charge on any atom is -0.487 e. The minimum absolute atomic E-state index is 0.110. The number of nitrogens with one attached hydrogen (secondary N) is 1. The molecule has 2 nitrogen and oxygen atoms in total. The normalized spacial score (nSPS) is 19.5. The monoisotopic (exact) mass is 281 g/mol. The van der Waals surface area contributed by atoms with Gasteiger partial charge in [-0.3, -0.25) is 0 Å². The molecule has 0 aliphatic carbocycles. The molecule has 0 radical (unpaired) electrons. The molecule has 3 rings (SSSR count). The molecule has 0 fully saturated rings. The van der Waals surface area contributed by atoms with Gasteiger partial charge in [-0.2, -0.15) is 0 Å². The van der Waals surface area contributed by atoms with Crippen molar-refractivity contribution in [1.82, 2.24) is 0 Å². The van der Waals surface area contributed by atoms with Crippen LogP contribution in [0.2, 0.25) is 0 Å². The Kier molecular flexibility index (Phi) is 3.62. The summed E-state index contributed by atoms with van der Waals surface area (Å²) in [6.07, 6.45) is 1.14. The van der Waals surface area contributed by atoms with Gasteiger partial charge >= 0.3 is 0 Å². The van der Waals surface area contributed by atoms with E-state index in [9.17, 15) is 0 Å². The molecular formula is C19H23NO. The van der Waals surface area contributed by atoms with E-state index >= 15 is 0 Å². The highest BCUT2D eigenvalue weighted by Crippen LogP contribution is 2.43. The van der Waals surface area contributed by atoms with Gasteiger partial charge in [0.05, 0.1) is 5.69 Å². The van der Waals surface area contributed by atoms with Crippen molar-refractivity contribution in [2.45, 2.75) is 45.3 Å². The van der Waals surface area contributed by atoms with Crippen LogP contribution in [0.1, 0.15) is 44.2 Å². The largest absolute Gasteiger partial charge is 0.487 e. The van der Waals surface area contributed by atoms with Gasteiger partial charge < -0.3 is 10.1 Å². The van der Waals surface area contributed by atoms with E-state index in [0.29, 0.717) is 12.5 Å². The molecule has 0 spiro atoms. The first-order valence-electron chi connectivity index (χ1n) is 7.63. The zero-order valence-corrected chi connectivity index (χ0v) is 13.0. The molecule has 2 aromatic carbocycles. The van der Waals surface area contributed by atoms with E-state index in [-0.39, 0.29) is 5.54 Å². The topological polar surface area (TPSA) is 21.3 Å². The standard InChI is InChI=1S/C19H23NO/c1-14-12-19(2,3)20-18-16(14)10-7-11-17(18)21-13-15-8-5-4-6-9-15/h4-11,14,20H,12-13H2,1-3H3. The van der Waals surface area contributed by atoms with Gasteiger partial charge in [0, 0.05) is 5.54 Å². The number of anilines is 1. The maximum atomic E-state index is 6.07. The molecule has 1 aliphatic rings. The van der Waals surface area contributed by atoms with E-state index in [1.807, 2.05) is 18.2 Å². The number of benzene rings is 2. The summed E-state index contributed by atoms with van der Waals surface area (Å²) in [5, 5.41) is 3.65. The highest BCUT2D eigenvalue weighted by atomic mass is 16.5. The van der Waals surface area contributed by atoms with Crippen LogP contribution < -0.4 is 10.1 Å². The minimum atomic E-state index is 0.110. The van der Waals surface area contributed by atoms with E-state index in [1.54, 1.807) is 0 Å². The van der Waals surface area contributed by atoms with Crippen molar-refractivity contribution in [3.05, 3.63) is 59.7 Å². The molecule has 1 aliphatic heterocycles. The Balaban J connectivity index is 1.85. The molecule has 21 heavy (non-hydrogen) atoms. The summed E-state index contributed by atoms with van der Waals surface area (Å²) in [5.74, 6) is 1.51. The van der Waals surface area contributed by atoms with Crippen LogP contribution in [-0.4, -0.2) is 5.54 Å². The van der Waals surface area contributed by atoms with Crippen molar-refractivity contribution in [3.8, 4) is 5.75 Å². The lowest BCUT2D eigenvalue weighted by Crippen LogP contribution is -2.36. The average Bonchev–Trinajstić information content (AvgIpc) is 2.45. The predicted octanol–water partition coefficient (Wildman–Crippen LogP) is 4.96. The van der Waals surface area contributed by atoms with E-state index in [1.165, 1.54) is 11.1 Å². The molecule has 0 amide bonds. The Morgan fingerprint density at radius 2 is 1.86 bits per heavy atom. The van der Waals surface area contributed by atoms with Gasteiger partial charge in [0.15, 0.2) is 0 Å². The lowest BCUT2D eigenvalue weighted by atomic mass is 9.82. The zero-order valence-electron chi connectivity index (χ0n) is 13.0. The SMILES string of the molecule is CC1CC(C)(C)Nc2c(OCc3ccccc3)cccc21. The number of hydrogen-bond acceptors (Lipinski definition) is 2. The van der Waals surface area contributed by atoms with Gasteiger partial charge in [0.2, 0.25) is 0 Å². The first kappa shape index (κ1) is 14.0. The van der Waals surface area contributed by atoms with E-state index in [4.69, 9.17) is 4.74 Å². The summed E-state index contributed by atoms with van der Waals surface area (Å²) in [6.45, 7) is 7.40. The Labute approximate surface area is 127 Å². The summed E-state index contributed by atoms with van der Waals surface area (Å²) in [6, 6.07) is 16.7. The Hall–Kier alpha value is -1.96. The molecular weight excluding hydrogens is 258 g/mol. The smallest absolute Gasteiger partial charge is 0.143 e. The van der Waals surface area contributed by atoms with Crippen molar-refractivity contribution < 1.29 is 4.74 Å². The molecule has 1 unspecified atom stereocenters. The maximum Gasteiger partial charge on any atom is 0.143 e. The van der Waals surface area contributed by atoms with Crippen LogP contribution in [0, 0.1) is 0 Å². The van der Waals surface area contributed by atoms with Gasteiger partial charge in [-0.05, 0) is 43.4 Å². The summed E-state index contributed by atoms with van der Waals surface area (Å²) in [5.41, 5.74) is 3.83. The van der Waals surface area contributed by atoms with Crippen LogP contribution >= 0.6 is 0 Å². The van der Waals surface area contributed by atoms with Crippen LogP contribution in [-0.2, 0) is 6.61 Å². The molecule has 1 N–H and O–H groups in total. The second-order valence-electron chi connectivity index (χ2n) is 6.61. The summed E-state index contributed by atoms with van der Waals surface area (Å²) in [4.78, 5) is 0. The van der Waals surface area contributed by atoms with Gasteiger partial charge in [-0.25, -0.2) is 0 Å². The predicted molar refractivity (Wildman–Crippen MR) is 87.9 cm³/mol.